The zero-order valence-corrected chi connectivity index (χ0v) is 17.7. The van der Waals surface area contributed by atoms with Crippen molar-refractivity contribution in [2.24, 2.45) is 0 Å². The van der Waals surface area contributed by atoms with E-state index < -0.39 is 0 Å². The standard InChI is InChI=1S/C22H35N3O3/c1-5-24(16-21(26)23-18-12-14-20(28-4)15-13-18)17(3)22(27)25(6-2)19-10-8-7-9-11-19/h12-15,17,19H,5-11,16H2,1-4H3,(H,23,26)/t17-/m1/s1. The maximum absolute atomic E-state index is 13.1. The van der Waals surface area contributed by atoms with Crippen LogP contribution in [0, 0.1) is 0 Å². The van der Waals surface area contributed by atoms with Crippen LogP contribution >= 0.6 is 0 Å². The number of carbonyl (C=O) groups is 2. The molecule has 1 aliphatic rings. The molecule has 0 unspecified atom stereocenters. The number of nitrogens with one attached hydrogen (secondary N) is 1. The van der Waals surface area contributed by atoms with Crippen LogP contribution < -0.4 is 10.1 Å². The highest BCUT2D eigenvalue weighted by Gasteiger charge is 2.30. The number of ether oxygens (including phenoxy) is 1. The summed E-state index contributed by atoms with van der Waals surface area (Å²) in [7, 11) is 1.61. The zero-order chi connectivity index (χ0) is 20.5. The van der Waals surface area contributed by atoms with Gasteiger partial charge in [-0.05, 0) is 57.5 Å². The summed E-state index contributed by atoms with van der Waals surface area (Å²) in [5.74, 6) is 0.760. The summed E-state index contributed by atoms with van der Waals surface area (Å²) in [4.78, 5) is 29.6. The Morgan fingerprint density at radius 1 is 1.11 bits per heavy atom. The fraction of sp³-hybridized carbons (Fsp3) is 0.636. The number of rotatable bonds is 9. The topological polar surface area (TPSA) is 61.9 Å². The van der Waals surface area contributed by atoms with Crippen molar-refractivity contribution in [1.29, 1.82) is 0 Å². The van der Waals surface area contributed by atoms with Crippen molar-refractivity contribution in [1.82, 2.24) is 9.80 Å². The Morgan fingerprint density at radius 3 is 2.29 bits per heavy atom. The minimum atomic E-state index is -0.312. The maximum atomic E-state index is 13.1. The molecule has 28 heavy (non-hydrogen) atoms. The van der Waals surface area contributed by atoms with Crippen LogP contribution in [0.25, 0.3) is 0 Å². The van der Waals surface area contributed by atoms with E-state index in [4.69, 9.17) is 4.74 Å². The quantitative estimate of drug-likeness (QED) is 0.702. The lowest BCUT2D eigenvalue weighted by atomic mass is 9.93. The highest BCUT2D eigenvalue weighted by atomic mass is 16.5. The van der Waals surface area contributed by atoms with E-state index in [0.717, 1.165) is 30.8 Å². The monoisotopic (exact) mass is 389 g/mol. The van der Waals surface area contributed by atoms with Crippen molar-refractivity contribution in [3.63, 3.8) is 0 Å². The number of hydrogen-bond acceptors (Lipinski definition) is 4. The molecule has 156 valence electrons. The summed E-state index contributed by atoms with van der Waals surface area (Å²) in [5.41, 5.74) is 0.721. The van der Waals surface area contributed by atoms with E-state index >= 15 is 0 Å². The first-order valence-electron chi connectivity index (χ1n) is 10.5. The van der Waals surface area contributed by atoms with Gasteiger partial charge < -0.3 is 15.0 Å². The molecule has 1 fully saturated rings. The first-order chi connectivity index (χ1) is 13.5. The molecule has 0 spiro atoms. The van der Waals surface area contributed by atoms with E-state index in [1.54, 1.807) is 7.11 Å². The SMILES string of the molecule is CCN(C(=O)[C@@H](C)N(CC)CC(=O)Nc1ccc(OC)cc1)C1CCCCC1. The van der Waals surface area contributed by atoms with Crippen LogP contribution in [0.1, 0.15) is 52.9 Å². The molecule has 2 amide bonds. The number of methoxy groups -OCH3 is 1. The molecule has 0 aliphatic heterocycles. The molecular weight excluding hydrogens is 354 g/mol. The third kappa shape index (κ3) is 5.96. The molecule has 2 rings (SSSR count). The minimum Gasteiger partial charge on any atom is -0.497 e. The lowest BCUT2D eigenvalue weighted by Gasteiger charge is -2.37. The van der Waals surface area contributed by atoms with Gasteiger partial charge in [-0.25, -0.2) is 0 Å². The molecule has 1 saturated carbocycles. The van der Waals surface area contributed by atoms with Gasteiger partial charge in [-0.2, -0.15) is 0 Å². The Bertz CT molecular complexity index is 626. The first kappa shape index (κ1) is 22.2. The fourth-order valence-corrected chi connectivity index (χ4v) is 3.96. The van der Waals surface area contributed by atoms with Crippen LogP contribution in [0.4, 0.5) is 5.69 Å². The van der Waals surface area contributed by atoms with Gasteiger partial charge in [-0.1, -0.05) is 26.2 Å². The summed E-state index contributed by atoms with van der Waals surface area (Å²) >= 11 is 0. The van der Waals surface area contributed by atoms with Crippen molar-refractivity contribution in [2.75, 3.05) is 32.1 Å². The molecule has 0 radical (unpaired) electrons. The average Bonchev–Trinajstić information content (AvgIpc) is 2.73. The van der Waals surface area contributed by atoms with Crippen LogP contribution in [-0.2, 0) is 9.59 Å². The summed E-state index contributed by atoms with van der Waals surface area (Å²) in [6.07, 6.45) is 5.85. The summed E-state index contributed by atoms with van der Waals surface area (Å²) in [5, 5.41) is 2.90. The zero-order valence-electron chi connectivity index (χ0n) is 17.7. The van der Waals surface area contributed by atoms with Gasteiger partial charge in [0.2, 0.25) is 11.8 Å². The number of nitrogens with zero attached hydrogens (tertiary/aromatic N) is 2. The number of benzene rings is 1. The van der Waals surface area contributed by atoms with Gasteiger partial charge in [-0.3, -0.25) is 14.5 Å². The van der Waals surface area contributed by atoms with Crippen LogP contribution in [0.5, 0.6) is 5.75 Å². The average molecular weight is 390 g/mol. The number of anilines is 1. The van der Waals surface area contributed by atoms with E-state index in [1.165, 1.54) is 19.3 Å². The van der Waals surface area contributed by atoms with Crippen molar-refractivity contribution in [2.45, 2.75) is 65.0 Å². The maximum Gasteiger partial charge on any atom is 0.239 e. The van der Waals surface area contributed by atoms with Gasteiger partial charge in [0, 0.05) is 18.3 Å². The molecule has 0 bridgehead atoms. The third-order valence-electron chi connectivity index (χ3n) is 5.67. The molecule has 0 heterocycles. The van der Waals surface area contributed by atoms with Gasteiger partial charge in [0.1, 0.15) is 5.75 Å². The van der Waals surface area contributed by atoms with E-state index in [9.17, 15) is 9.59 Å². The Hall–Kier alpha value is -2.08. The van der Waals surface area contributed by atoms with Crippen molar-refractivity contribution in [3.05, 3.63) is 24.3 Å². The van der Waals surface area contributed by atoms with Gasteiger partial charge >= 0.3 is 0 Å². The molecule has 6 nitrogen and oxygen atoms in total. The molecule has 1 N–H and O–H groups in total. The van der Waals surface area contributed by atoms with Gasteiger partial charge in [-0.15, -0.1) is 0 Å². The van der Waals surface area contributed by atoms with Crippen LogP contribution in [0.15, 0.2) is 24.3 Å². The predicted octanol–water partition coefficient (Wildman–Crippen LogP) is 3.53. The predicted molar refractivity (Wildman–Crippen MR) is 113 cm³/mol. The second-order valence-electron chi connectivity index (χ2n) is 7.43. The Morgan fingerprint density at radius 2 is 1.75 bits per heavy atom. The molecule has 0 saturated heterocycles. The molecule has 0 aromatic heterocycles. The molecule has 1 aromatic rings. The van der Waals surface area contributed by atoms with Gasteiger partial charge in [0.25, 0.3) is 0 Å². The van der Waals surface area contributed by atoms with E-state index in [2.05, 4.69) is 5.32 Å². The van der Waals surface area contributed by atoms with E-state index in [-0.39, 0.29) is 24.4 Å². The summed E-state index contributed by atoms with van der Waals surface area (Å²) in [6.45, 7) is 7.51. The van der Waals surface area contributed by atoms with Gasteiger partial charge in [0.15, 0.2) is 0 Å². The van der Waals surface area contributed by atoms with Crippen molar-refractivity contribution in [3.8, 4) is 5.75 Å². The Balaban J connectivity index is 1.95. The molecule has 6 heteroatoms. The van der Waals surface area contributed by atoms with Gasteiger partial charge in [0.05, 0.1) is 19.7 Å². The fourth-order valence-electron chi connectivity index (χ4n) is 3.96. The van der Waals surface area contributed by atoms with Crippen LogP contribution in [0.2, 0.25) is 0 Å². The first-order valence-corrected chi connectivity index (χ1v) is 10.5. The van der Waals surface area contributed by atoms with Crippen molar-refractivity contribution >= 4 is 17.5 Å². The smallest absolute Gasteiger partial charge is 0.239 e. The lowest BCUT2D eigenvalue weighted by molar-refractivity contribution is -0.139. The second-order valence-corrected chi connectivity index (χ2v) is 7.43. The van der Waals surface area contributed by atoms with Crippen molar-refractivity contribution < 1.29 is 14.3 Å². The number of likely N-dealkylation sites (N-methyl/N-ethyl adjacent to an activating group) is 2. The van der Waals surface area contributed by atoms with Crippen LogP contribution in [0.3, 0.4) is 0 Å². The van der Waals surface area contributed by atoms with E-state index in [1.807, 2.05) is 54.8 Å². The minimum absolute atomic E-state index is 0.118. The molecule has 1 atom stereocenters. The second kappa shape index (κ2) is 11.1. The normalized spacial score (nSPS) is 15.9. The molecular formula is C22H35N3O3. The number of carbonyl (C=O) groups excluding carboxylic acids is 2. The Kier molecular flexibility index (Phi) is 8.77. The van der Waals surface area contributed by atoms with E-state index in [0.29, 0.717) is 12.6 Å². The molecule has 1 aromatic carbocycles. The Labute approximate surface area is 169 Å². The summed E-state index contributed by atoms with van der Waals surface area (Å²) < 4.78 is 5.13. The lowest BCUT2D eigenvalue weighted by Crippen LogP contribution is -2.52. The summed E-state index contributed by atoms with van der Waals surface area (Å²) in [6, 6.07) is 7.27. The number of hydrogen-bond donors (Lipinski definition) is 1. The highest BCUT2D eigenvalue weighted by Crippen LogP contribution is 2.23. The molecule has 1 aliphatic carbocycles. The third-order valence-corrected chi connectivity index (χ3v) is 5.67. The highest BCUT2D eigenvalue weighted by molar-refractivity contribution is 5.93. The largest absolute Gasteiger partial charge is 0.497 e. The number of amides is 2. The van der Waals surface area contributed by atoms with Crippen LogP contribution in [-0.4, -0.2) is 60.4 Å².